The van der Waals surface area contributed by atoms with Crippen LogP contribution in [-0.4, -0.2) is 22.3 Å². The van der Waals surface area contributed by atoms with E-state index in [1.165, 1.54) is 4.90 Å². The number of hydrogen-bond donors (Lipinski definition) is 0. The molecule has 0 aromatic rings. The van der Waals surface area contributed by atoms with Crippen LogP contribution in [0.25, 0.3) is 0 Å². The SMILES string of the molecule is CC1CCC(C#N)(N2C(=O)C3CCCCC3C2=O)CC1. The Labute approximate surface area is 120 Å². The predicted octanol–water partition coefficient (Wildman–Crippen LogP) is 2.63. The number of carbonyl (C=O) groups excluding carboxylic acids is 2. The van der Waals surface area contributed by atoms with E-state index in [4.69, 9.17) is 0 Å². The molecule has 0 aromatic heterocycles. The van der Waals surface area contributed by atoms with Crippen LogP contribution >= 0.6 is 0 Å². The van der Waals surface area contributed by atoms with Crippen LogP contribution < -0.4 is 0 Å². The van der Waals surface area contributed by atoms with Crippen molar-refractivity contribution < 1.29 is 9.59 Å². The number of rotatable bonds is 1. The highest BCUT2D eigenvalue weighted by Gasteiger charge is 2.56. The van der Waals surface area contributed by atoms with Crippen molar-refractivity contribution in [1.29, 1.82) is 5.26 Å². The van der Waals surface area contributed by atoms with Crippen molar-refractivity contribution >= 4 is 11.8 Å². The monoisotopic (exact) mass is 274 g/mol. The molecule has 108 valence electrons. The number of hydrogen-bond acceptors (Lipinski definition) is 3. The molecule has 2 atom stereocenters. The van der Waals surface area contributed by atoms with Crippen LogP contribution in [0, 0.1) is 29.1 Å². The molecule has 4 heteroatoms. The fourth-order valence-corrected chi connectivity index (χ4v) is 4.21. The number of amides is 2. The molecule has 2 saturated carbocycles. The van der Waals surface area contributed by atoms with E-state index in [1.807, 2.05) is 0 Å². The summed E-state index contributed by atoms with van der Waals surface area (Å²) in [5.74, 6) is 0.194. The second-order valence-electron chi connectivity index (χ2n) is 6.84. The lowest BCUT2D eigenvalue weighted by Gasteiger charge is -2.39. The number of nitrogens with zero attached hydrogens (tertiary/aromatic N) is 2. The molecule has 1 aliphatic heterocycles. The summed E-state index contributed by atoms with van der Waals surface area (Å²) < 4.78 is 0. The molecule has 3 rings (SSSR count). The summed E-state index contributed by atoms with van der Waals surface area (Å²) in [6, 6.07) is 2.33. The standard InChI is InChI=1S/C16H22N2O2/c1-11-6-8-16(10-17,9-7-11)18-14(19)12-4-2-3-5-13(12)15(18)20/h11-13H,2-9H2,1H3. The van der Waals surface area contributed by atoms with Crippen molar-refractivity contribution in [1.82, 2.24) is 4.90 Å². The first-order valence-corrected chi connectivity index (χ1v) is 7.88. The summed E-state index contributed by atoms with van der Waals surface area (Å²) in [5.41, 5.74) is -0.849. The number of imide groups is 1. The molecule has 4 nitrogen and oxygen atoms in total. The minimum absolute atomic E-state index is 0.0594. The van der Waals surface area contributed by atoms with Crippen LogP contribution in [0.4, 0.5) is 0 Å². The lowest BCUT2D eigenvalue weighted by atomic mass is 9.77. The Hall–Kier alpha value is -1.37. The third-order valence-corrected chi connectivity index (χ3v) is 5.58. The van der Waals surface area contributed by atoms with E-state index in [2.05, 4.69) is 13.0 Å². The number of nitriles is 1. The Bertz CT molecular complexity index is 447. The van der Waals surface area contributed by atoms with Gasteiger partial charge in [0.2, 0.25) is 11.8 Å². The van der Waals surface area contributed by atoms with Gasteiger partial charge in [0.1, 0.15) is 5.54 Å². The van der Waals surface area contributed by atoms with Crippen LogP contribution in [-0.2, 0) is 9.59 Å². The van der Waals surface area contributed by atoms with Gasteiger partial charge in [-0.25, -0.2) is 0 Å². The minimum atomic E-state index is -0.849. The largest absolute Gasteiger partial charge is 0.274 e. The molecule has 2 unspecified atom stereocenters. The highest BCUT2D eigenvalue weighted by atomic mass is 16.2. The Morgan fingerprint density at radius 3 is 2.00 bits per heavy atom. The van der Waals surface area contributed by atoms with Gasteiger partial charge in [-0.1, -0.05) is 19.8 Å². The maximum Gasteiger partial charge on any atom is 0.234 e. The van der Waals surface area contributed by atoms with Gasteiger partial charge in [0.05, 0.1) is 17.9 Å². The van der Waals surface area contributed by atoms with Gasteiger partial charge >= 0.3 is 0 Å². The molecular formula is C16H22N2O2. The maximum atomic E-state index is 12.6. The molecular weight excluding hydrogens is 252 g/mol. The molecule has 3 fully saturated rings. The first-order chi connectivity index (χ1) is 9.59. The van der Waals surface area contributed by atoms with E-state index >= 15 is 0 Å². The van der Waals surface area contributed by atoms with Gasteiger partial charge in [0.15, 0.2) is 0 Å². The van der Waals surface area contributed by atoms with Crippen LogP contribution in [0.3, 0.4) is 0 Å². The number of fused-ring (bicyclic) bond motifs is 1. The van der Waals surface area contributed by atoms with Gasteiger partial charge < -0.3 is 0 Å². The van der Waals surface area contributed by atoms with Crippen molar-refractivity contribution in [3.63, 3.8) is 0 Å². The van der Waals surface area contributed by atoms with E-state index in [9.17, 15) is 14.9 Å². The minimum Gasteiger partial charge on any atom is -0.274 e. The summed E-state index contributed by atoms with van der Waals surface area (Å²) in [5, 5.41) is 9.66. The van der Waals surface area contributed by atoms with E-state index in [0.717, 1.165) is 38.5 Å². The third kappa shape index (κ3) is 1.87. The van der Waals surface area contributed by atoms with Crippen molar-refractivity contribution in [2.45, 2.75) is 63.8 Å². The molecule has 0 bridgehead atoms. The molecule has 0 radical (unpaired) electrons. The smallest absolute Gasteiger partial charge is 0.234 e. The normalized spacial score (nSPS) is 41.4. The molecule has 2 amide bonds. The third-order valence-electron chi connectivity index (χ3n) is 5.58. The molecule has 0 spiro atoms. The zero-order valence-corrected chi connectivity index (χ0v) is 12.1. The van der Waals surface area contributed by atoms with E-state index in [1.54, 1.807) is 0 Å². The van der Waals surface area contributed by atoms with Gasteiger partial charge in [-0.05, 0) is 44.4 Å². The molecule has 1 heterocycles. The quantitative estimate of drug-likeness (QED) is 0.691. The molecule has 1 saturated heterocycles. The first-order valence-electron chi connectivity index (χ1n) is 7.88. The Morgan fingerprint density at radius 1 is 1.05 bits per heavy atom. The summed E-state index contributed by atoms with van der Waals surface area (Å²) in [6.45, 7) is 2.18. The second kappa shape index (κ2) is 4.87. The van der Waals surface area contributed by atoms with Gasteiger partial charge in [-0.3, -0.25) is 14.5 Å². The summed E-state index contributed by atoms with van der Waals surface area (Å²) in [7, 11) is 0. The van der Waals surface area contributed by atoms with Crippen molar-refractivity contribution in [2.75, 3.05) is 0 Å². The van der Waals surface area contributed by atoms with E-state index < -0.39 is 5.54 Å². The molecule has 3 aliphatic rings. The van der Waals surface area contributed by atoms with Gasteiger partial charge in [0.25, 0.3) is 0 Å². The lowest BCUT2D eigenvalue weighted by molar-refractivity contribution is -0.146. The first kappa shape index (κ1) is 13.6. The summed E-state index contributed by atoms with van der Waals surface area (Å²) in [4.78, 5) is 26.7. The van der Waals surface area contributed by atoms with Crippen molar-refractivity contribution in [3.05, 3.63) is 0 Å². The van der Waals surface area contributed by atoms with Crippen molar-refractivity contribution in [3.8, 4) is 6.07 Å². The van der Waals surface area contributed by atoms with Crippen LogP contribution in [0.15, 0.2) is 0 Å². The fourth-order valence-electron chi connectivity index (χ4n) is 4.21. The lowest BCUT2D eigenvalue weighted by Crippen LogP contribution is -2.53. The number of carbonyl (C=O) groups is 2. The highest BCUT2D eigenvalue weighted by Crippen LogP contribution is 2.45. The van der Waals surface area contributed by atoms with E-state index in [0.29, 0.717) is 18.8 Å². The average molecular weight is 274 g/mol. The van der Waals surface area contributed by atoms with E-state index in [-0.39, 0.29) is 23.7 Å². The Kier molecular flexibility index (Phi) is 3.32. The Morgan fingerprint density at radius 2 is 1.55 bits per heavy atom. The van der Waals surface area contributed by atoms with Crippen LogP contribution in [0.1, 0.15) is 58.3 Å². The second-order valence-corrected chi connectivity index (χ2v) is 6.84. The molecule has 2 aliphatic carbocycles. The molecule has 0 N–H and O–H groups in total. The van der Waals surface area contributed by atoms with Gasteiger partial charge in [-0.15, -0.1) is 0 Å². The topological polar surface area (TPSA) is 61.2 Å². The maximum absolute atomic E-state index is 12.6. The summed E-state index contributed by atoms with van der Waals surface area (Å²) >= 11 is 0. The summed E-state index contributed by atoms with van der Waals surface area (Å²) in [6.07, 6.45) is 6.88. The molecule has 0 aromatic carbocycles. The zero-order chi connectivity index (χ0) is 14.3. The molecule has 20 heavy (non-hydrogen) atoms. The zero-order valence-electron chi connectivity index (χ0n) is 12.1. The van der Waals surface area contributed by atoms with Gasteiger partial charge in [0, 0.05) is 0 Å². The highest BCUT2D eigenvalue weighted by molar-refractivity contribution is 6.06. The van der Waals surface area contributed by atoms with Crippen LogP contribution in [0.5, 0.6) is 0 Å². The fraction of sp³-hybridized carbons (Fsp3) is 0.812. The Balaban J connectivity index is 1.90. The number of likely N-dealkylation sites (tertiary alicyclic amines) is 1. The van der Waals surface area contributed by atoms with Gasteiger partial charge in [-0.2, -0.15) is 5.26 Å². The predicted molar refractivity (Wildman–Crippen MR) is 73.3 cm³/mol. The average Bonchev–Trinajstić information content (AvgIpc) is 2.74. The van der Waals surface area contributed by atoms with Crippen molar-refractivity contribution in [2.24, 2.45) is 17.8 Å². The van der Waals surface area contributed by atoms with Crippen LogP contribution in [0.2, 0.25) is 0 Å².